The summed E-state index contributed by atoms with van der Waals surface area (Å²) in [5, 5.41) is 0. The van der Waals surface area contributed by atoms with Crippen molar-refractivity contribution in [3.05, 3.63) is 35.9 Å². The largest absolute Gasteiger partial charge is 0.299 e. The van der Waals surface area contributed by atoms with Crippen LogP contribution in [0.5, 0.6) is 0 Å². The van der Waals surface area contributed by atoms with Gasteiger partial charge in [-0.1, -0.05) is 49.6 Å². The summed E-state index contributed by atoms with van der Waals surface area (Å²) in [7, 11) is 0. The van der Waals surface area contributed by atoms with Crippen molar-refractivity contribution in [1.82, 2.24) is 4.90 Å². The molecule has 20 heavy (non-hydrogen) atoms. The highest BCUT2D eigenvalue weighted by Crippen LogP contribution is 2.51. The average molecular weight is 292 g/mol. The maximum atomic E-state index is 2.59. The normalized spacial score (nSPS) is 36.2. The molecule has 4 unspecified atom stereocenters. The number of rotatable bonds is 2. The number of piperidine rings is 1. The van der Waals surface area contributed by atoms with E-state index in [1.165, 1.54) is 43.3 Å². The van der Waals surface area contributed by atoms with Gasteiger partial charge < -0.3 is 0 Å². The van der Waals surface area contributed by atoms with Crippen molar-refractivity contribution in [2.45, 2.75) is 38.6 Å². The van der Waals surface area contributed by atoms with Crippen LogP contribution in [0.25, 0.3) is 0 Å². The first kappa shape index (κ1) is 14.4. The highest BCUT2D eigenvalue weighted by molar-refractivity contribution is 5.85. The predicted octanol–water partition coefficient (Wildman–Crippen LogP) is 4.37. The lowest BCUT2D eigenvalue weighted by Gasteiger charge is -2.16. The molecule has 0 N–H and O–H groups in total. The molecule has 3 saturated carbocycles. The third-order valence-electron chi connectivity index (χ3n) is 5.52. The van der Waals surface area contributed by atoms with Crippen LogP contribution in [-0.4, -0.2) is 18.0 Å². The van der Waals surface area contributed by atoms with E-state index in [-0.39, 0.29) is 12.4 Å². The highest BCUT2D eigenvalue weighted by Gasteiger charge is 2.44. The Morgan fingerprint density at radius 3 is 1.95 bits per heavy atom. The summed E-state index contributed by atoms with van der Waals surface area (Å²) in [6.07, 6.45) is 7.75. The SMILES string of the molecule is C1CC2CC2C1.Cl.c1ccc(CN2CC3CC3C2)cc1. The first-order valence-electron chi connectivity index (χ1n) is 8.15. The number of likely N-dealkylation sites (tertiary alicyclic amines) is 1. The van der Waals surface area contributed by atoms with Crippen molar-refractivity contribution in [3.8, 4) is 0 Å². The van der Waals surface area contributed by atoms with E-state index in [0.717, 1.165) is 18.4 Å². The predicted molar refractivity (Wildman–Crippen MR) is 86.0 cm³/mol. The molecule has 110 valence electrons. The summed E-state index contributed by atoms with van der Waals surface area (Å²) in [5.41, 5.74) is 1.46. The summed E-state index contributed by atoms with van der Waals surface area (Å²) in [4.78, 5) is 2.59. The van der Waals surface area contributed by atoms with Crippen LogP contribution < -0.4 is 0 Å². The first-order chi connectivity index (χ1) is 9.38. The molecule has 4 atom stereocenters. The summed E-state index contributed by atoms with van der Waals surface area (Å²) in [6.45, 7) is 3.85. The van der Waals surface area contributed by atoms with Crippen LogP contribution in [0, 0.1) is 23.7 Å². The van der Waals surface area contributed by atoms with Crippen LogP contribution in [0.1, 0.15) is 37.7 Å². The Hall–Kier alpha value is -0.530. The monoisotopic (exact) mass is 291 g/mol. The molecule has 5 rings (SSSR count). The molecule has 3 aliphatic carbocycles. The molecule has 2 heteroatoms. The maximum absolute atomic E-state index is 2.59. The van der Waals surface area contributed by atoms with Crippen molar-refractivity contribution >= 4 is 12.4 Å². The maximum Gasteiger partial charge on any atom is 0.0233 e. The Labute approximate surface area is 129 Å². The number of hydrogen-bond acceptors (Lipinski definition) is 1. The van der Waals surface area contributed by atoms with Crippen molar-refractivity contribution < 1.29 is 0 Å². The molecule has 1 aromatic carbocycles. The van der Waals surface area contributed by atoms with Gasteiger partial charge in [0.1, 0.15) is 0 Å². The van der Waals surface area contributed by atoms with E-state index in [4.69, 9.17) is 0 Å². The van der Waals surface area contributed by atoms with Gasteiger partial charge in [0.05, 0.1) is 0 Å². The molecular weight excluding hydrogens is 266 g/mol. The number of hydrogen-bond donors (Lipinski definition) is 0. The molecule has 4 fully saturated rings. The zero-order valence-corrected chi connectivity index (χ0v) is 13.0. The van der Waals surface area contributed by atoms with Gasteiger partial charge in [-0.3, -0.25) is 4.90 Å². The van der Waals surface area contributed by atoms with Crippen molar-refractivity contribution in [1.29, 1.82) is 0 Å². The zero-order valence-electron chi connectivity index (χ0n) is 12.2. The lowest BCUT2D eigenvalue weighted by molar-refractivity contribution is 0.297. The second-order valence-corrected chi connectivity index (χ2v) is 7.12. The summed E-state index contributed by atoms with van der Waals surface area (Å²) < 4.78 is 0. The van der Waals surface area contributed by atoms with Crippen LogP contribution in [0.4, 0.5) is 0 Å². The Morgan fingerprint density at radius 1 is 0.850 bits per heavy atom. The molecule has 0 spiro atoms. The first-order valence-corrected chi connectivity index (χ1v) is 8.15. The van der Waals surface area contributed by atoms with Gasteiger partial charge >= 0.3 is 0 Å². The number of fused-ring (bicyclic) bond motifs is 2. The van der Waals surface area contributed by atoms with Crippen molar-refractivity contribution in [2.75, 3.05) is 13.1 Å². The Balaban J connectivity index is 0.000000145. The minimum atomic E-state index is 0. The standard InChI is InChI=1S/C12H15N.C6H10.ClH/c1-2-4-10(5-3-1)7-13-8-11-6-12(11)9-13;1-2-5-4-6(5)3-1;/h1-5,11-12H,6-9H2;5-6H,1-4H2;1H. The molecule has 1 aliphatic heterocycles. The van der Waals surface area contributed by atoms with Crippen molar-refractivity contribution in [3.63, 3.8) is 0 Å². The molecule has 1 saturated heterocycles. The van der Waals surface area contributed by atoms with Crippen LogP contribution >= 0.6 is 12.4 Å². The fourth-order valence-electron chi connectivity index (χ4n) is 4.13. The van der Waals surface area contributed by atoms with Gasteiger partial charge in [0.15, 0.2) is 0 Å². The van der Waals surface area contributed by atoms with E-state index < -0.39 is 0 Å². The Bertz CT molecular complexity index is 414. The van der Waals surface area contributed by atoms with E-state index in [2.05, 4.69) is 35.2 Å². The second kappa shape index (κ2) is 6.07. The minimum absolute atomic E-state index is 0. The molecule has 0 bridgehead atoms. The summed E-state index contributed by atoms with van der Waals surface area (Å²) in [5.74, 6) is 4.54. The molecule has 1 heterocycles. The fraction of sp³-hybridized carbons (Fsp3) is 0.667. The average Bonchev–Trinajstić information content (AvgIpc) is 3.28. The van der Waals surface area contributed by atoms with E-state index in [1.54, 1.807) is 19.3 Å². The quantitative estimate of drug-likeness (QED) is 0.782. The van der Waals surface area contributed by atoms with Gasteiger partial charge in [0, 0.05) is 19.6 Å². The second-order valence-electron chi connectivity index (χ2n) is 7.12. The topological polar surface area (TPSA) is 3.24 Å². The molecule has 0 radical (unpaired) electrons. The number of benzene rings is 1. The number of halogens is 1. The third-order valence-corrected chi connectivity index (χ3v) is 5.52. The minimum Gasteiger partial charge on any atom is -0.299 e. The lowest BCUT2D eigenvalue weighted by atomic mass is 10.2. The molecule has 4 aliphatic rings. The zero-order chi connectivity index (χ0) is 12.7. The van der Waals surface area contributed by atoms with E-state index >= 15 is 0 Å². The fourth-order valence-corrected chi connectivity index (χ4v) is 4.13. The van der Waals surface area contributed by atoms with Gasteiger partial charge in [0.25, 0.3) is 0 Å². The molecule has 1 aromatic rings. The highest BCUT2D eigenvalue weighted by atomic mass is 35.5. The van der Waals surface area contributed by atoms with Gasteiger partial charge in [-0.25, -0.2) is 0 Å². The molecule has 1 nitrogen and oxygen atoms in total. The summed E-state index contributed by atoms with van der Waals surface area (Å²) >= 11 is 0. The van der Waals surface area contributed by atoms with Crippen LogP contribution in [0.15, 0.2) is 30.3 Å². The van der Waals surface area contributed by atoms with E-state index in [1.807, 2.05) is 0 Å². The lowest BCUT2D eigenvalue weighted by Crippen LogP contribution is -2.21. The Morgan fingerprint density at radius 2 is 1.45 bits per heavy atom. The van der Waals surface area contributed by atoms with Crippen LogP contribution in [0.2, 0.25) is 0 Å². The van der Waals surface area contributed by atoms with E-state index in [9.17, 15) is 0 Å². The van der Waals surface area contributed by atoms with Gasteiger partial charge in [-0.15, -0.1) is 12.4 Å². The van der Waals surface area contributed by atoms with Crippen molar-refractivity contribution in [2.24, 2.45) is 23.7 Å². The number of nitrogens with zero attached hydrogens (tertiary/aromatic N) is 1. The molecular formula is C18H26ClN. The van der Waals surface area contributed by atoms with Gasteiger partial charge in [-0.05, 0) is 42.1 Å². The third kappa shape index (κ3) is 3.38. The summed E-state index contributed by atoms with van der Waals surface area (Å²) in [6, 6.07) is 10.8. The van der Waals surface area contributed by atoms with Gasteiger partial charge in [0.2, 0.25) is 0 Å². The Kier molecular flexibility index (Phi) is 4.37. The van der Waals surface area contributed by atoms with Gasteiger partial charge in [-0.2, -0.15) is 0 Å². The van der Waals surface area contributed by atoms with Crippen LogP contribution in [0.3, 0.4) is 0 Å². The van der Waals surface area contributed by atoms with Crippen LogP contribution in [-0.2, 0) is 6.54 Å². The molecule has 0 amide bonds. The van der Waals surface area contributed by atoms with E-state index in [0.29, 0.717) is 0 Å². The smallest absolute Gasteiger partial charge is 0.0233 e. The molecule has 0 aromatic heterocycles.